The molecule has 2 N–H and O–H groups in total. The van der Waals surface area contributed by atoms with Crippen molar-refractivity contribution in [2.75, 3.05) is 27.4 Å². The molecule has 82 valence electrons. The Labute approximate surface area is 82.3 Å². The van der Waals surface area contributed by atoms with Crippen molar-refractivity contribution in [3.63, 3.8) is 0 Å². The van der Waals surface area contributed by atoms with E-state index in [-0.39, 0.29) is 19.6 Å². The number of hydrogen-bond acceptors (Lipinski definition) is 6. The van der Waals surface area contributed by atoms with Crippen molar-refractivity contribution < 1.29 is 23.8 Å². The lowest BCUT2D eigenvalue weighted by Crippen LogP contribution is -2.34. The summed E-state index contributed by atoms with van der Waals surface area (Å²) in [6.07, 6.45) is -0.728. The van der Waals surface area contributed by atoms with Crippen molar-refractivity contribution in [2.24, 2.45) is 5.73 Å². The van der Waals surface area contributed by atoms with Crippen molar-refractivity contribution in [3.05, 3.63) is 0 Å². The summed E-state index contributed by atoms with van der Waals surface area (Å²) in [5, 5.41) is 0. The summed E-state index contributed by atoms with van der Waals surface area (Å²) in [5.74, 6) is -0.942. The van der Waals surface area contributed by atoms with E-state index >= 15 is 0 Å². The molecule has 0 bridgehead atoms. The van der Waals surface area contributed by atoms with Gasteiger partial charge in [-0.2, -0.15) is 0 Å². The van der Waals surface area contributed by atoms with E-state index in [9.17, 15) is 9.59 Å². The van der Waals surface area contributed by atoms with Crippen molar-refractivity contribution >= 4 is 11.9 Å². The van der Waals surface area contributed by atoms with E-state index in [4.69, 9.17) is 10.5 Å². The maximum absolute atomic E-state index is 10.9. The quantitative estimate of drug-likeness (QED) is 0.563. The van der Waals surface area contributed by atoms with Crippen LogP contribution in [0, 0.1) is 0 Å². The molecular weight excluding hydrogens is 190 g/mol. The Hall–Kier alpha value is -1.14. The van der Waals surface area contributed by atoms with Gasteiger partial charge in [-0.15, -0.1) is 0 Å². The molecule has 0 aliphatic carbocycles. The summed E-state index contributed by atoms with van der Waals surface area (Å²) >= 11 is 0. The number of carbonyl (C=O) groups is 2. The third-order valence-corrected chi connectivity index (χ3v) is 1.53. The molecule has 0 aromatic heterocycles. The fourth-order valence-corrected chi connectivity index (χ4v) is 0.750. The minimum absolute atomic E-state index is 0.0217. The summed E-state index contributed by atoms with van der Waals surface area (Å²) < 4.78 is 13.8. The maximum Gasteiger partial charge on any atom is 0.336 e. The molecule has 6 nitrogen and oxygen atoms in total. The molecule has 1 unspecified atom stereocenters. The predicted octanol–water partition coefficient (Wildman–Crippen LogP) is -0.934. The lowest BCUT2D eigenvalue weighted by Gasteiger charge is -2.12. The van der Waals surface area contributed by atoms with Gasteiger partial charge in [0.1, 0.15) is 0 Å². The zero-order valence-corrected chi connectivity index (χ0v) is 8.32. The smallest absolute Gasteiger partial charge is 0.336 e. The monoisotopic (exact) mass is 205 g/mol. The van der Waals surface area contributed by atoms with E-state index in [1.165, 1.54) is 14.2 Å². The average molecular weight is 205 g/mol. The molecule has 0 saturated carbocycles. The molecule has 0 amide bonds. The Kier molecular flexibility index (Phi) is 6.69. The van der Waals surface area contributed by atoms with Gasteiger partial charge in [0.25, 0.3) is 0 Å². The van der Waals surface area contributed by atoms with Crippen LogP contribution in [0.4, 0.5) is 0 Å². The fraction of sp³-hybridized carbons (Fsp3) is 0.750. The summed E-state index contributed by atoms with van der Waals surface area (Å²) in [6, 6.07) is 0. The highest BCUT2D eigenvalue weighted by atomic mass is 16.6. The highest BCUT2D eigenvalue weighted by Gasteiger charge is 2.17. The summed E-state index contributed by atoms with van der Waals surface area (Å²) in [7, 11) is 2.53. The normalized spacial score (nSPS) is 11.9. The van der Waals surface area contributed by atoms with Gasteiger partial charge >= 0.3 is 11.9 Å². The lowest BCUT2D eigenvalue weighted by atomic mass is 10.3. The van der Waals surface area contributed by atoms with Gasteiger partial charge in [0.2, 0.25) is 0 Å². The molecule has 0 heterocycles. The molecular formula is C8H15NO5. The van der Waals surface area contributed by atoms with E-state index in [0.717, 1.165) is 0 Å². The van der Waals surface area contributed by atoms with Gasteiger partial charge in [0.15, 0.2) is 6.10 Å². The minimum Gasteiger partial charge on any atom is -0.469 e. The second-order valence-corrected chi connectivity index (χ2v) is 2.44. The van der Waals surface area contributed by atoms with Crippen molar-refractivity contribution in [1.82, 2.24) is 0 Å². The molecule has 0 aliphatic heterocycles. The van der Waals surface area contributed by atoms with Crippen LogP contribution in [0.3, 0.4) is 0 Å². The van der Waals surface area contributed by atoms with Crippen LogP contribution in [-0.2, 0) is 23.8 Å². The van der Waals surface area contributed by atoms with Gasteiger partial charge in [-0.1, -0.05) is 0 Å². The predicted molar refractivity (Wildman–Crippen MR) is 47.4 cm³/mol. The van der Waals surface area contributed by atoms with Crippen molar-refractivity contribution in [1.29, 1.82) is 0 Å². The SMILES string of the molecule is COC(=O)CCOC(CN)C(=O)OC. The standard InChI is InChI=1S/C8H15NO5/c1-12-7(10)3-4-14-6(5-9)8(11)13-2/h6H,3-5,9H2,1-2H3. The van der Waals surface area contributed by atoms with Crippen LogP contribution in [-0.4, -0.2) is 45.4 Å². The summed E-state index contributed by atoms with van der Waals surface area (Å²) in [4.78, 5) is 21.6. The fourth-order valence-electron chi connectivity index (χ4n) is 0.750. The zero-order chi connectivity index (χ0) is 11.0. The Morgan fingerprint density at radius 3 is 2.36 bits per heavy atom. The highest BCUT2D eigenvalue weighted by Crippen LogP contribution is 1.95. The average Bonchev–Trinajstić information content (AvgIpc) is 2.22. The van der Waals surface area contributed by atoms with Gasteiger partial charge in [-0.25, -0.2) is 4.79 Å². The van der Waals surface area contributed by atoms with Crippen LogP contribution in [0.2, 0.25) is 0 Å². The van der Waals surface area contributed by atoms with Gasteiger partial charge in [0.05, 0.1) is 27.2 Å². The largest absolute Gasteiger partial charge is 0.469 e. The highest BCUT2D eigenvalue weighted by molar-refractivity contribution is 5.74. The van der Waals surface area contributed by atoms with Crippen LogP contribution < -0.4 is 5.73 Å². The van der Waals surface area contributed by atoms with Crippen LogP contribution >= 0.6 is 0 Å². The van der Waals surface area contributed by atoms with Crippen molar-refractivity contribution in [2.45, 2.75) is 12.5 Å². The zero-order valence-electron chi connectivity index (χ0n) is 8.32. The van der Waals surface area contributed by atoms with E-state index in [0.29, 0.717) is 0 Å². The summed E-state index contributed by atoms with van der Waals surface area (Å²) in [6.45, 7) is 0.109. The third-order valence-electron chi connectivity index (χ3n) is 1.53. The van der Waals surface area contributed by atoms with Gasteiger partial charge in [-0.3, -0.25) is 4.79 Å². The van der Waals surface area contributed by atoms with Gasteiger partial charge < -0.3 is 19.9 Å². The Morgan fingerprint density at radius 1 is 1.29 bits per heavy atom. The lowest BCUT2D eigenvalue weighted by molar-refractivity contribution is -0.155. The maximum atomic E-state index is 10.9. The summed E-state index contributed by atoms with van der Waals surface area (Å²) in [5.41, 5.74) is 5.26. The number of nitrogens with two attached hydrogens (primary N) is 1. The minimum atomic E-state index is -0.815. The van der Waals surface area contributed by atoms with Gasteiger partial charge in [0, 0.05) is 6.54 Å². The van der Waals surface area contributed by atoms with E-state index in [1.807, 2.05) is 0 Å². The first-order valence-corrected chi connectivity index (χ1v) is 4.12. The molecule has 0 saturated heterocycles. The Bertz CT molecular complexity index is 194. The Balaban J connectivity index is 3.73. The van der Waals surface area contributed by atoms with E-state index in [2.05, 4.69) is 9.47 Å². The van der Waals surface area contributed by atoms with Crippen molar-refractivity contribution in [3.8, 4) is 0 Å². The number of esters is 2. The topological polar surface area (TPSA) is 87.9 Å². The molecule has 0 spiro atoms. The van der Waals surface area contributed by atoms with Crippen LogP contribution in [0.5, 0.6) is 0 Å². The first kappa shape index (κ1) is 12.9. The molecule has 0 radical (unpaired) electrons. The molecule has 0 aliphatic rings. The number of hydrogen-bond donors (Lipinski definition) is 1. The molecule has 14 heavy (non-hydrogen) atoms. The number of rotatable bonds is 6. The molecule has 6 heteroatoms. The number of carbonyl (C=O) groups excluding carboxylic acids is 2. The van der Waals surface area contributed by atoms with E-state index in [1.54, 1.807) is 0 Å². The molecule has 0 rings (SSSR count). The first-order chi connectivity index (χ1) is 6.65. The second-order valence-electron chi connectivity index (χ2n) is 2.44. The Morgan fingerprint density at radius 2 is 1.93 bits per heavy atom. The molecule has 1 atom stereocenters. The van der Waals surface area contributed by atoms with Crippen LogP contribution in [0.1, 0.15) is 6.42 Å². The van der Waals surface area contributed by atoms with Crippen LogP contribution in [0.25, 0.3) is 0 Å². The number of methoxy groups -OCH3 is 2. The number of ether oxygens (including phenoxy) is 3. The van der Waals surface area contributed by atoms with Gasteiger partial charge in [-0.05, 0) is 0 Å². The second kappa shape index (κ2) is 7.28. The third kappa shape index (κ3) is 4.78. The van der Waals surface area contributed by atoms with E-state index < -0.39 is 18.0 Å². The van der Waals surface area contributed by atoms with Crippen LogP contribution in [0.15, 0.2) is 0 Å². The molecule has 0 aromatic rings. The first-order valence-electron chi connectivity index (χ1n) is 4.12. The molecule has 0 aromatic carbocycles. The molecule has 0 fully saturated rings.